The average Bonchev–Trinajstić information content (AvgIpc) is 3.37. The minimum absolute atomic E-state index is 0.167. The number of alkyl halides is 3. The van der Waals surface area contributed by atoms with E-state index in [2.05, 4.69) is 5.32 Å². The Morgan fingerprint density at radius 1 is 1.04 bits per heavy atom. The smallest absolute Gasteiger partial charge is 0.416 e. The van der Waals surface area contributed by atoms with Gasteiger partial charge >= 0.3 is 6.18 Å². The highest BCUT2D eigenvalue weighted by Crippen LogP contribution is 2.31. The van der Waals surface area contributed by atoms with Gasteiger partial charge in [0.15, 0.2) is 0 Å². The second-order valence-electron chi connectivity index (χ2n) is 5.71. The first-order valence-corrected chi connectivity index (χ1v) is 7.63. The molecular formula is C18H16F3NO2. The molecule has 3 rings (SSSR count). The second-order valence-corrected chi connectivity index (χ2v) is 5.71. The molecule has 0 spiro atoms. The maximum atomic E-state index is 12.6. The Bertz CT molecular complexity index is 694. The van der Waals surface area contributed by atoms with Crippen molar-refractivity contribution in [1.82, 2.24) is 5.32 Å². The Morgan fingerprint density at radius 2 is 1.67 bits per heavy atom. The molecule has 0 heterocycles. The number of hydrogen-bond donors (Lipinski definition) is 1. The van der Waals surface area contributed by atoms with Gasteiger partial charge in [-0.15, -0.1) is 0 Å². The lowest BCUT2D eigenvalue weighted by atomic mass is 10.1. The molecule has 1 aliphatic carbocycles. The lowest BCUT2D eigenvalue weighted by Crippen LogP contribution is -2.33. The first kappa shape index (κ1) is 16.4. The van der Waals surface area contributed by atoms with E-state index in [1.807, 2.05) is 6.07 Å². The van der Waals surface area contributed by atoms with Crippen LogP contribution in [0.3, 0.4) is 0 Å². The van der Waals surface area contributed by atoms with Crippen molar-refractivity contribution in [3.63, 3.8) is 0 Å². The third-order valence-corrected chi connectivity index (χ3v) is 3.70. The van der Waals surface area contributed by atoms with Crippen LogP contribution < -0.4 is 10.1 Å². The van der Waals surface area contributed by atoms with Crippen LogP contribution in [0.2, 0.25) is 0 Å². The summed E-state index contributed by atoms with van der Waals surface area (Å²) in [5.74, 6) is -0.0774. The van der Waals surface area contributed by atoms with E-state index in [4.69, 9.17) is 4.74 Å². The predicted molar refractivity (Wildman–Crippen MR) is 82.4 cm³/mol. The van der Waals surface area contributed by atoms with Crippen molar-refractivity contribution in [2.24, 2.45) is 0 Å². The molecule has 2 aromatic rings. The summed E-state index contributed by atoms with van der Waals surface area (Å²) in [7, 11) is 0. The highest BCUT2D eigenvalue weighted by molar-refractivity contribution is 5.83. The van der Waals surface area contributed by atoms with E-state index >= 15 is 0 Å². The van der Waals surface area contributed by atoms with E-state index in [0.29, 0.717) is 5.56 Å². The number of carbonyl (C=O) groups excluding carboxylic acids is 1. The summed E-state index contributed by atoms with van der Waals surface area (Å²) in [5, 5.41) is 2.86. The van der Waals surface area contributed by atoms with Gasteiger partial charge in [-0.05, 0) is 37.1 Å². The third-order valence-electron chi connectivity index (χ3n) is 3.70. The summed E-state index contributed by atoms with van der Waals surface area (Å²) >= 11 is 0. The van der Waals surface area contributed by atoms with E-state index in [0.717, 1.165) is 25.0 Å². The summed E-state index contributed by atoms with van der Waals surface area (Å²) in [6.45, 7) is 0. The highest BCUT2D eigenvalue weighted by atomic mass is 19.4. The maximum absolute atomic E-state index is 12.6. The standard InChI is InChI=1S/C18H16F3NO2/c19-18(20,21)13-6-10-15(11-7-13)24-16(12-4-2-1-3-5-12)17(23)22-14-8-9-14/h1-7,10-11,14,16H,8-9H2,(H,22,23)/t16-/m0/s1. The molecule has 0 bridgehead atoms. The molecule has 3 nitrogen and oxygen atoms in total. The molecule has 0 aliphatic heterocycles. The van der Waals surface area contributed by atoms with Gasteiger partial charge in [0.25, 0.3) is 5.91 Å². The van der Waals surface area contributed by atoms with Crippen molar-refractivity contribution in [2.75, 3.05) is 0 Å². The van der Waals surface area contributed by atoms with E-state index < -0.39 is 17.8 Å². The van der Waals surface area contributed by atoms with E-state index in [1.165, 1.54) is 12.1 Å². The number of benzene rings is 2. The molecule has 1 fully saturated rings. The molecule has 0 saturated heterocycles. The molecule has 1 N–H and O–H groups in total. The first-order chi connectivity index (χ1) is 11.4. The lowest BCUT2D eigenvalue weighted by molar-refractivity contribution is -0.137. The Hall–Kier alpha value is -2.50. The van der Waals surface area contributed by atoms with Crippen LogP contribution in [0.5, 0.6) is 5.75 Å². The van der Waals surface area contributed by atoms with Crippen molar-refractivity contribution in [3.05, 3.63) is 65.7 Å². The fourth-order valence-corrected chi connectivity index (χ4v) is 2.26. The van der Waals surface area contributed by atoms with Crippen LogP contribution in [-0.4, -0.2) is 11.9 Å². The quantitative estimate of drug-likeness (QED) is 0.893. The Kier molecular flexibility index (Phi) is 4.46. The number of amides is 1. The van der Waals surface area contributed by atoms with E-state index in [-0.39, 0.29) is 17.7 Å². The molecule has 2 aromatic carbocycles. The molecule has 0 radical (unpaired) electrons. The zero-order valence-corrected chi connectivity index (χ0v) is 12.7. The van der Waals surface area contributed by atoms with Crippen molar-refractivity contribution in [2.45, 2.75) is 31.2 Å². The predicted octanol–water partition coefficient (Wildman–Crippen LogP) is 4.10. The molecule has 0 unspecified atom stereocenters. The molecule has 1 aliphatic rings. The van der Waals surface area contributed by atoms with Crippen molar-refractivity contribution in [1.29, 1.82) is 0 Å². The number of ether oxygens (including phenoxy) is 1. The van der Waals surface area contributed by atoms with Crippen LogP contribution in [0.15, 0.2) is 54.6 Å². The van der Waals surface area contributed by atoms with Crippen molar-refractivity contribution in [3.8, 4) is 5.75 Å². The largest absolute Gasteiger partial charge is 0.476 e. The summed E-state index contributed by atoms with van der Waals surface area (Å²) in [6.07, 6.45) is -3.43. The van der Waals surface area contributed by atoms with Crippen LogP contribution in [0.4, 0.5) is 13.2 Å². The van der Waals surface area contributed by atoms with Crippen LogP contribution >= 0.6 is 0 Å². The summed E-state index contributed by atoms with van der Waals surface area (Å²) in [5.41, 5.74) is -0.107. The average molecular weight is 335 g/mol. The van der Waals surface area contributed by atoms with Crippen LogP contribution in [0, 0.1) is 0 Å². The van der Waals surface area contributed by atoms with Gasteiger partial charge in [-0.1, -0.05) is 30.3 Å². The third kappa shape index (κ3) is 4.07. The van der Waals surface area contributed by atoms with Crippen LogP contribution in [-0.2, 0) is 11.0 Å². The van der Waals surface area contributed by atoms with Crippen molar-refractivity contribution >= 4 is 5.91 Å². The van der Waals surface area contributed by atoms with Crippen LogP contribution in [0.1, 0.15) is 30.1 Å². The van der Waals surface area contributed by atoms with Gasteiger partial charge in [-0.2, -0.15) is 13.2 Å². The zero-order valence-electron chi connectivity index (χ0n) is 12.7. The van der Waals surface area contributed by atoms with Crippen molar-refractivity contribution < 1.29 is 22.7 Å². The zero-order chi connectivity index (χ0) is 17.2. The Balaban J connectivity index is 1.79. The van der Waals surface area contributed by atoms with Gasteiger partial charge in [0.2, 0.25) is 6.10 Å². The minimum atomic E-state index is -4.40. The van der Waals surface area contributed by atoms with Gasteiger partial charge in [0.1, 0.15) is 5.75 Å². The first-order valence-electron chi connectivity index (χ1n) is 7.63. The van der Waals surface area contributed by atoms with Gasteiger partial charge in [0, 0.05) is 11.6 Å². The van der Waals surface area contributed by atoms with Gasteiger partial charge < -0.3 is 10.1 Å². The molecule has 24 heavy (non-hydrogen) atoms. The molecular weight excluding hydrogens is 319 g/mol. The summed E-state index contributed by atoms with van der Waals surface area (Å²) in [4.78, 5) is 12.4. The topological polar surface area (TPSA) is 38.3 Å². The van der Waals surface area contributed by atoms with E-state index in [1.54, 1.807) is 24.3 Å². The number of hydrogen-bond acceptors (Lipinski definition) is 2. The minimum Gasteiger partial charge on any atom is -0.476 e. The number of nitrogens with one attached hydrogen (secondary N) is 1. The Labute approximate surface area is 137 Å². The number of carbonyl (C=O) groups is 1. The van der Waals surface area contributed by atoms with Crippen LogP contribution in [0.25, 0.3) is 0 Å². The monoisotopic (exact) mass is 335 g/mol. The SMILES string of the molecule is O=C(NC1CC1)[C@@H](Oc1ccc(C(F)(F)F)cc1)c1ccccc1. The second kappa shape index (κ2) is 6.55. The maximum Gasteiger partial charge on any atom is 0.416 e. The normalized spacial score (nSPS) is 15.6. The number of halogens is 3. The summed E-state index contributed by atoms with van der Waals surface area (Å²) < 4.78 is 43.5. The molecule has 1 saturated carbocycles. The number of rotatable bonds is 5. The molecule has 6 heteroatoms. The van der Waals surface area contributed by atoms with Gasteiger partial charge in [-0.25, -0.2) is 0 Å². The van der Waals surface area contributed by atoms with Gasteiger partial charge in [0.05, 0.1) is 5.56 Å². The van der Waals surface area contributed by atoms with Gasteiger partial charge in [-0.3, -0.25) is 4.79 Å². The van der Waals surface area contributed by atoms with E-state index in [9.17, 15) is 18.0 Å². The molecule has 126 valence electrons. The Morgan fingerprint density at radius 3 is 2.21 bits per heavy atom. The fraction of sp³-hybridized carbons (Fsp3) is 0.278. The highest BCUT2D eigenvalue weighted by Gasteiger charge is 2.31. The lowest BCUT2D eigenvalue weighted by Gasteiger charge is -2.19. The molecule has 1 atom stereocenters. The summed E-state index contributed by atoms with van der Waals surface area (Å²) in [6, 6.07) is 13.4. The molecule has 1 amide bonds. The molecule has 0 aromatic heterocycles. The fourth-order valence-electron chi connectivity index (χ4n) is 2.26.